The summed E-state index contributed by atoms with van der Waals surface area (Å²) < 4.78 is 24.5. The van der Waals surface area contributed by atoms with Crippen LogP contribution in [-0.4, -0.2) is 30.7 Å². The number of aromatic hydroxyl groups is 1. The Hall–Kier alpha value is -3.61. The smallest absolute Gasteiger partial charge is 0.340 e. The first-order valence-corrected chi connectivity index (χ1v) is 8.95. The second-order valence-electron chi connectivity index (χ2n) is 6.23. The quantitative estimate of drug-likeness (QED) is 0.613. The van der Waals surface area contributed by atoms with Gasteiger partial charge in [0.25, 0.3) is 5.91 Å². The minimum atomic E-state index is -0.735. The summed E-state index contributed by atoms with van der Waals surface area (Å²) in [5.41, 5.74) is 0.526. The second kappa shape index (κ2) is 8.18. The molecule has 29 heavy (non-hydrogen) atoms. The second-order valence-corrected chi connectivity index (χ2v) is 6.23. The molecule has 0 bridgehead atoms. The van der Waals surface area contributed by atoms with Crippen molar-refractivity contribution in [3.8, 4) is 11.5 Å². The number of esters is 1. The fraction of sp³-hybridized carbons (Fsp3) is 0.182. The van der Waals surface area contributed by atoms with E-state index in [1.165, 1.54) is 38.3 Å². The molecule has 0 fully saturated rings. The molecule has 0 saturated carbocycles. The molecule has 2 aromatic carbocycles. The number of hydrogen-bond acceptors (Lipinski definition) is 5. The number of phenolic OH excluding ortho intramolecular Hbond substituents is 1. The number of hydrogen-bond donors (Lipinski definition) is 1. The molecule has 0 aromatic heterocycles. The van der Waals surface area contributed by atoms with E-state index in [0.29, 0.717) is 6.61 Å². The lowest BCUT2D eigenvalue weighted by Crippen LogP contribution is -2.25. The van der Waals surface area contributed by atoms with Gasteiger partial charge >= 0.3 is 5.97 Å². The average molecular weight is 397 g/mol. The first kappa shape index (κ1) is 20.1. The van der Waals surface area contributed by atoms with E-state index >= 15 is 0 Å². The molecular weight excluding hydrogens is 377 g/mol. The summed E-state index contributed by atoms with van der Waals surface area (Å²) in [5.74, 6) is -1.86. The number of rotatable bonds is 5. The van der Waals surface area contributed by atoms with Crippen LogP contribution in [0.1, 0.15) is 19.4 Å². The van der Waals surface area contributed by atoms with Crippen LogP contribution in [0.3, 0.4) is 0 Å². The number of carbonyl (C=O) groups is 2. The van der Waals surface area contributed by atoms with Crippen LogP contribution in [0.5, 0.6) is 11.5 Å². The third kappa shape index (κ3) is 3.59. The fourth-order valence-corrected chi connectivity index (χ4v) is 3.19. The van der Waals surface area contributed by atoms with Crippen LogP contribution >= 0.6 is 0 Å². The van der Waals surface area contributed by atoms with Gasteiger partial charge in [-0.05, 0) is 38.1 Å². The van der Waals surface area contributed by atoms with Gasteiger partial charge in [0.2, 0.25) is 0 Å². The Labute approximate surface area is 167 Å². The molecule has 0 unspecified atom stereocenters. The number of carbonyl (C=O) groups excluding carboxylic acids is 2. The summed E-state index contributed by atoms with van der Waals surface area (Å²) in [6.07, 6.45) is 1.37. The zero-order valence-corrected chi connectivity index (χ0v) is 16.2. The van der Waals surface area contributed by atoms with Crippen LogP contribution in [0.4, 0.5) is 10.1 Å². The van der Waals surface area contributed by atoms with Crippen LogP contribution in [0.2, 0.25) is 0 Å². The van der Waals surface area contributed by atoms with E-state index in [-0.39, 0.29) is 39.6 Å². The van der Waals surface area contributed by atoms with Gasteiger partial charge in [-0.25, -0.2) is 9.18 Å². The first-order chi connectivity index (χ1) is 13.9. The lowest BCUT2D eigenvalue weighted by atomic mass is 10.0. The van der Waals surface area contributed by atoms with E-state index in [9.17, 15) is 19.1 Å². The van der Waals surface area contributed by atoms with E-state index in [1.807, 2.05) is 0 Å². The van der Waals surface area contributed by atoms with E-state index < -0.39 is 17.7 Å². The molecule has 1 aliphatic rings. The molecule has 0 aliphatic carbocycles. The molecule has 150 valence electrons. The normalized spacial score (nSPS) is 15.2. The van der Waals surface area contributed by atoms with Gasteiger partial charge < -0.3 is 14.6 Å². The summed E-state index contributed by atoms with van der Waals surface area (Å²) in [5, 5.41) is 10.5. The maximum absolute atomic E-state index is 14.3. The van der Waals surface area contributed by atoms with Crippen LogP contribution in [0.15, 0.2) is 59.3 Å². The molecule has 7 heteroatoms. The number of amides is 1. The summed E-state index contributed by atoms with van der Waals surface area (Å²) >= 11 is 0. The Morgan fingerprint density at radius 3 is 2.59 bits per heavy atom. The highest BCUT2D eigenvalue weighted by molar-refractivity contribution is 6.24. The molecule has 0 spiro atoms. The number of halogens is 1. The number of ether oxygens (including phenoxy) is 2. The highest BCUT2D eigenvalue weighted by Gasteiger charge is 2.39. The molecule has 0 radical (unpaired) electrons. The van der Waals surface area contributed by atoms with Crippen molar-refractivity contribution in [1.29, 1.82) is 0 Å². The highest BCUT2D eigenvalue weighted by Crippen LogP contribution is 2.38. The molecular formula is C22H20FNO5. The minimum absolute atomic E-state index is 0.00182. The van der Waals surface area contributed by atoms with Crippen molar-refractivity contribution in [1.82, 2.24) is 0 Å². The van der Waals surface area contributed by atoms with Crippen LogP contribution in [-0.2, 0) is 14.3 Å². The van der Waals surface area contributed by atoms with Gasteiger partial charge in [-0.2, -0.15) is 0 Å². The van der Waals surface area contributed by atoms with Crippen molar-refractivity contribution in [3.63, 3.8) is 0 Å². The topological polar surface area (TPSA) is 76.1 Å². The Balaban J connectivity index is 2.17. The lowest BCUT2D eigenvalue weighted by Gasteiger charge is -2.18. The Morgan fingerprint density at radius 1 is 1.21 bits per heavy atom. The van der Waals surface area contributed by atoms with E-state index in [0.717, 1.165) is 4.90 Å². The van der Waals surface area contributed by atoms with Crippen molar-refractivity contribution in [2.24, 2.45) is 0 Å². The van der Waals surface area contributed by atoms with E-state index in [4.69, 9.17) is 9.47 Å². The monoisotopic (exact) mass is 397 g/mol. The van der Waals surface area contributed by atoms with Crippen molar-refractivity contribution >= 4 is 23.6 Å². The predicted molar refractivity (Wildman–Crippen MR) is 106 cm³/mol. The van der Waals surface area contributed by atoms with E-state index in [2.05, 4.69) is 0 Å². The minimum Gasteiger partial charge on any atom is -0.504 e. The van der Waals surface area contributed by atoms with Gasteiger partial charge in [0.1, 0.15) is 5.82 Å². The number of phenols is 1. The van der Waals surface area contributed by atoms with Gasteiger partial charge in [-0.15, -0.1) is 0 Å². The van der Waals surface area contributed by atoms with Gasteiger partial charge in [0, 0.05) is 11.3 Å². The molecule has 0 saturated heterocycles. The van der Waals surface area contributed by atoms with Gasteiger partial charge in [-0.1, -0.05) is 24.3 Å². The number of methoxy groups -OCH3 is 1. The average Bonchev–Trinajstić information content (AvgIpc) is 2.95. The summed E-state index contributed by atoms with van der Waals surface area (Å²) in [7, 11) is 1.20. The zero-order valence-electron chi connectivity index (χ0n) is 16.2. The van der Waals surface area contributed by atoms with E-state index in [1.54, 1.807) is 31.2 Å². The van der Waals surface area contributed by atoms with Crippen molar-refractivity contribution < 1.29 is 28.6 Å². The molecule has 1 N–H and O–H groups in total. The molecule has 2 aromatic rings. The molecule has 3 rings (SSSR count). The lowest BCUT2D eigenvalue weighted by molar-refractivity contribution is -0.136. The van der Waals surface area contributed by atoms with Gasteiger partial charge in [-0.3, -0.25) is 9.69 Å². The molecule has 1 amide bonds. The molecule has 6 nitrogen and oxygen atoms in total. The van der Waals surface area contributed by atoms with Gasteiger partial charge in [0.15, 0.2) is 11.5 Å². The maximum atomic E-state index is 14.3. The zero-order chi connectivity index (χ0) is 21.1. The molecule has 1 aliphatic heterocycles. The fourth-order valence-electron chi connectivity index (χ4n) is 3.19. The Bertz CT molecular complexity index is 1040. The Morgan fingerprint density at radius 2 is 1.93 bits per heavy atom. The Kier molecular flexibility index (Phi) is 5.68. The van der Waals surface area contributed by atoms with Crippen LogP contribution < -0.4 is 9.64 Å². The van der Waals surface area contributed by atoms with Crippen LogP contribution in [0, 0.1) is 5.82 Å². The number of anilines is 1. The number of para-hydroxylation sites is 2. The standard InChI is InChI=1S/C22H20FNO5/c1-4-29-18-11-7-8-14(20(18)25)12-15-19(22(27)28-3)13(2)24(21(15)26)17-10-6-5-9-16(17)23/h5-12,25H,4H2,1-3H3/b15-12-. The molecule has 1 heterocycles. The van der Waals surface area contributed by atoms with Gasteiger partial charge in [0.05, 0.1) is 30.6 Å². The van der Waals surface area contributed by atoms with Crippen molar-refractivity contribution in [2.75, 3.05) is 18.6 Å². The van der Waals surface area contributed by atoms with Crippen molar-refractivity contribution in [2.45, 2.75) is 13.8 Å². The summed E-state index contributed by atoms with van der Waals surface area (Å²) in [6.45, 7) is 3.66. The highest BCUT2D eigenvalue weighted by atomic mass is 19.1. The number of allylic oxidation sites excluding steroid dienone is 1. The third-order valence-electron chi connectivity index (χ3n) is 4.51. The van der Waals surface area contributed by atoms with Crippen LogP contribution in [0.25, 0.3) is 6.08 Å². The van der Waals surface area contributed by atoms with Crippen molar-refractivity contribution in [3.05, 3.63) is 70.7 Å². The summed E-state index contributed by atoms with van der Waals surface area (Å²) in [4.78, 5) is 26.7. The predicted octanol–water partition coefficient (Wildman–Crippen LogP) is 3.81. The molecule has 0 atom stereocenters. The first-order valence-electron chi connectivity index (χ1n) is 8.95. The largest absolute Gasteiger partial charge is 0.504 e. The maximum Gasteiger partial charge on any atom is 0.340 e. The third-order valence-corrected chi connectivity index (χ3v) is 4.51. The number of benzene rings is 2. The SMILES string of the molecule is CCOc1cccc(/C=C2\C(=O)N(c3ccccc3F)C(C)=C2C(=O)OC)c1O. The summed E-state index contributed by atoms with van der Waals surface area (Å²) in [6, 6.07) is 10.6. The number of nitrogens with zero attached hydrogens (tertiary/aromatic N) is 1.